The monoisotopic (exact) mass is 442 g/mol. The summed E-state index contributed by atoms with van der Waals surface area (Å²) < 4.78 is 4.48. The molecule has 0 radical (unpaired) electrons. The third-order valence-electron chi connectivity index (χ3n) is 4.99. The normalized spacial score (nSPS) is 11.5. The first-order chi connectivity index (χ1) is 14.3. The number of fused-ring (bicyclic) bond motifs is 1. The van der Waals surface area contributed by atoms with E-state index in [4.69, 9.17) is 23.2 Å². The van der Waals surface area contributed by atoms with Crippen LogP contribution in [0.25, 0.3) is 16.9 Å². The largest absolute Gasteiger partial charge is 0.337 e. The van der Waals surface area contributed by atoms with Crippen LogP contribution < -0.4 is 11.2 Å². The van der Waals surface area contributed by atoms with Gasteiger partial charge in [0.15, 0.2) is 11.2 Å². The summed E-state index contributed by atoms with van der Waals surface area (Å²) in [6, 6.07) is 12.6. The van der Waals surface area contributed by atoms with Crippen molar-refractivity contribution in [2.45, 2.75) is 33.4 Å². The maximum Gasteiger partial charge on any atom is 0.337 e. The molecule has 0 aliphatic carbocycles. The number of benzene rings is 2. The van der Waals surface area contributed by atoms with Crippen molar-refractivity contribution in [3.05, 3.63) is 90.8 Å². The number of aryl methyl sites for hydroxylation is 1. The molecular weight excluding hydrogens is 423 g/mol. The van der Waals surface area contributed by atoms with Gasteiger partial charge in [0.2, 0.25) is 0 Å². The molecule has 154 valence electrons. The zero-order chi connectivity index (χ0) is 21.6. The number of rotatable bonds is 4. The molecule has 0 saturated carbocycles. The molecule has 0 amide bonds. The highest BCUT2D eigenvalue weighted by Gasteiger charge is 2.20. The van der Waals surface area contributed by atoms with Crippen molar-refractivity contribution in [1.82, 2.24) is 18.7 Å². The first kappa shape index (κ1) is 20.4. The Kier molecular flexibility index (Phi) is 5.30. The van der Waals surface area contributed by atoms with E-state index in [1.54, 1.807) is 23.0 Å². The Bertz CT molecular complexity index is 1370. The standard InChI is InChI=1S/C22H20Cl2N4O2/c1-13(2)27-21(29)19-20(28(22(27)30)16-7-4-14(3)5-8-16)25-12-26(19)11-15-6-9-17(23)18(24)10-15/h4-10,12-13H,11H2,1-3H3. The van der Waals surface area contributed by atoms with E-state index in [9.17, 15) is 9.59 Å². The van der Waals surface area contributed by atoms with Crippen molar-refractivity contribution < 1.29 is 0 Å². The quantitative estimate of drug-likeness (QED) is 0.464. The van der Waals surface area contributed by atoms with Gasteiger partial charge >= 0.3 is 5.69 Å². The van der Waals surface area contributed by atoms with Crippen LogP contribution in [0.5, 0.6) is 0 Å². The predicted molar refractivity (Wildman–Crippen MR) is 120 cm³/mol. The lowest BCUT2D eigenvalue weighted by atomic mass is 10.2. The van der Waals surface area contributed by atoms with Crippen molar-refractivity contribution in [1.29, 1.82) is 0 Å². The van der Waals surface area contributed by atoms with Gasteiger partial charge in [0.25, 0.3) is 5.56 Å². The number of imidazole rings is 1. The molecule has 2 aromatic heterocycles. The minimum Gasteiger partial charge on any atom is -0.320 e. The number of hydrogen-bond donors (Lipinski definition) is 0. The smallest absolute Gasteiger partial charge is 0.320 e. The fourth-order valence-electron chi connectivity index (χ4n) is 3.49. The molecule has 8 heteroatoms. The van der Waals surface area contributed by atoms with Gasteiger partial charge in [-0.2, -0.15) is 0 Å². The minimum absolute atomic E-state index is 0.306. The molecule has 6 nitrogen and oxygen atoms in total. The van der Waals surface area contributed by atoms with Crippen molar-refractivity contribution >= 4 is 34.4 Å². The average molecular weight is 443 g/mol. The van der Waals surface area contributed by atoms with Crippen LogP contribution in [0.3, 0.4) is 0 Å². The summed E-state index contributed by atoms with van der Waals surface area (Å²) >= 11 is 12.2. The van der Waals surface area contributed by atoms with Crippen LogP contribution in [0.2, 0.25) is 10.0 Å². The number of nitrogens with zero attached hydrogens (tertiary/aromatic N) is 4. The lowest BCUT2D eigenvalue weighted by Gasteiger charge is -2.15. The fraction of sp³-hybridized carbons (Fsp3) is 0.227. The Morgan fingerprint density at radius 1 is 1.00 bits per heavy atom. The van der Waals surface area contributed by atoms with Crippen LogP contribution in [0, 0.1) is 6.92 Å². The molecule has 0 unspecified atom stereocenters. The lowest BCUT2D eigenvalue weighted by molar-refractivity contribution is 0.539. The van der Waals surface area contributed by atoms with Gasteiger partial charge in [-0.05, 0) is 50.6 Å². The van der Waals surface area contributed by atoms with E-state index >= 15 is 0 Å². The van der Waals surface area contributed by atoms with Crippen molar-refractivity contribution in [2.24, 2.45) is 0 Å². The van der Waals surface area contributed by atoms with Gasteiger partial charge in [0.1, 0.15) is 0 Å². The molecule has 0 spiro atoms. The van der Waals surface area contributed by atoms with Crippen LogP contribution in [-0.4, -0.2) is 18.7 Å². The van der Waals surface area contributed by atoms with Crippen molar-refractivity contribution in [2.75, 3.05) is 0 Å². The predicted octanol–water partition coefficient (Wildman–Crippen LogP) is 4.59. The topological polar surface area (TPSA) is 61.8 Å². The molecule has 0 atom stereocenters. The van der Waals surface area contributed by atoms with Crippen molar-refractivity contribution in [3.8, 4) is 5.69 Å². The van der Waals surface area contributed by atoms with Crippen LogP contribution in [0.15, 0.2) is 58.4 Å². The maximum atomic E-state index is 13.3. The molecule has 4 aromatic rings. The first-order valence-corrected chi connectivity index (χ1v) is 10.3. The summed E-state index contributed by atoms with van der Waals surface area (Å²) in [6.07, 6.45) is 1.57. The molecular formula is C22H20Cl2N4O2. The Labute approximate surface area is 182 Å². The Morgan fingerprint density at radius 2 is 1.70 bits per heavy atom. The zero-order valence-electron chi connectivity index (χ0n) is 16.8. The molecule has 0 bridgehead atoms. The fourth-order valence-corrected chi connectivity index (χ4v) is 3.81. The summed E-state index contributed by atoms with van der Waals surface area (Å²) in [6.45, 7) is 5.97. The Balaban J connectivity index is 1.99. The second-order valence-electron chi connectivity index (χ2n) is 7.52. The Hall–Kier alpha value is -2.83. The third-order valence-corrected chi connectivity index (χ3v) is 5.73. The van der Waals surface area contributed by atoms with E-state index in [0.717, 1.165) is 11.1 Å². The summed E-state index contributed by atoms with van der Waals surface area (Å²) in [4.78, 5) is 30.9. The van der Waals surface area contributed by atoms with Gasteiger partial charge in [-0.25, -0.2) is 14.3 Å². The SMILES string of the molecule is Cc1ccc(-n2c(=O)n(C(C)C)c(=O)c3c2ncn3Cc2ccc(Cl)c(Cl)c2)cc1. The van der Waals surface area contributed by atoms with Crippen LogP contribution >= 0.6 is 23.2 Å². The maximum absolute atomic E-state index is 13.3. The van der Waals surface area contributed by atoms with Gasteiger partial charge in [0, 0.05) is 12.6 Å². The van der Waals surface area contributed by atoms with E-state index in [-0.39, 0.29) is 11.6 Å². The van der Waals surface area contributed by atoms with Crippen LogP contribution in [0.4, 0.5) is 0 Å². The van der Waals surface area contributed by atoms with Gasteiger partial charge in [-0.15, -0.1) is 0 Å². The lowest BCUT2D eigenvalue weighted by Crippen LogP contribution is -2.41. The molecule has 2 aromatic carbocycles. The molecule has 4 rings (SSSR count). The summed E-state index contributed by atoms with van der Waals surface area (Å²) in [5.41, 5.74) is 2.50. The molecule has 0 N–H and O–H groups in total. The first-order valence-electron chi connectivity index (χ1n) is 9.51. The van der Waals surface area contributed by atoms with E-state index in [1.165, 1.54) is 9.13 Å². The van der Waals surface area contributed by atoms with Gasteiger partial charge in [-0.1, -0.05) is 47.0 Å². The molecule has 0 saturated heterocycles. The van der Waals surface area contributed by atoms with E-state index in [0.29, 0.717) is 33.4 Å². The van der Waals surface area contributed by atoms with Crippen molar-refractivity contribution in [3.63, 3.8) is 0 Å². The van der Waals surface area contributed by atoms with Gasteiger partial charge in [-0.3, -0.25) is 9.36 Å². The van der Waals surface area contributed by atoms with Gasteiger partial charge < -0.3 is 4.57 Å². The van der Waals surface area contributed by atoms with E-state index in [2.05, 4.69) is 4.98 Å². The highest BCUT2D eigenvalue weighted by Crippen LogP contribution is 2.24. The minimum atomic E-state index is -0.411. The number of hydrogen-bond acceptors (Lipinski definition) is 3. The Morgan fingerprint density at radius 3 is 2.33 bits per heavy atom. The summed E-state index contributed by atoms with van der Waals surface area (Å²) in [7, 11) is 0. The number of aromatic nitrogens is 4. The third kappa shape index (κ3) is 3.46. The number of halogens is 2. The van der Waals surface area contributed by atoms with E-state index in [1.807, 2.05) is 51.1 Å². The second-order valence-corrected chi connectivity index (χ2v) is 8.33. The molecule has 0 aliphatic heterocycles. The van der Waals surface area contributed by atoms with E-state index < -0.39 is 5.69 Å². The van der Waals surface area contributed by atoms with Crippen LogP contribution in [-0.2, 0) is 6.54 Å². The summed E-state index contributed by atoms with van der Waals surface area (Å²) in [5, 5.41) is 0.904. The average Bonchev–Trinajstić information content (AvgIpc) is 3.09. The second kappa shape index (κ2) is 7.78. The van der Waals surface area contributed by atoms with Crippen LogP contribution in [0.1, 0.15) is 31.0 Å². The molecule has 30 heavy (non-hydrogen) atoms. The zero-order valence-corrected chi connectivity index (χ0v) is 18.3. The molecule has 0 aliphatic rings. The molecule has 2 heterocycles. The highest BCUT2D eigenvalue weighted by atomic mass is 35.5. The van der Waals surface area contributed by atoms with Gasteiger partial charge in [0.05, 0.1) is 22.1 Å². The highest BCUT2D eigenvalue weighted by molar-refractivity contribution is 6.42. The summed E-state index contributed by atoms with van der Waals surface area (Å²) in [5.74, 6) is 0. The molecule has 0 fully saturated rings.